The number of amides is 1. The van der Waals surface area contributed by atoms with Crippen LogP contribution in [0.4, 0.5) is 0 Å². The number of hydrogen-bond donors (Lipinski definition) is 2. The van der Waals surface area contributed by atoms with E-state index in [0.29, 0.717) is 13.0 Å². The van der Waals surface area contributed by atoms with Gasteiger partial charge >= 0.3 is 0 Å². The molecule has 0 radical (unpaired) electrons. The number of carbonyl (C=O) groups excluding carboxylic acids is 1. The molecule has 2 N–H and O–H groups in total. The lowest BCUT2D eigenvalue weighted by molar-refractivity contribution is -0.122. The molecule has 4 rings (SSSR count). The number of para-hydroxylation sites is 1. The number of furan rings is 1. The fourth-order valence-electron chi connectivity index (χ4n) is 4.01. The van der Waals surface area contributed by atoms with Crippen LogP contribution in [-0.4, -0.2) is 24.6 Å². The number of benzene rings is 1. The van der Waals surface area contributed by atoms with Crippen molar-refractivity contribution in [3.8, 4) is 5.75 Å². The number of carbonyl (C=O) groups is 1. The number of hydrogen-bond acceptors (Lipinski definition) is 4. The highest BCUT2D eigenvalue weighted by Gasteiger charge is 2.42. The van der Waals surface area contributed by atoms with Crippen LogP contribution < -0.4 is 15.4 Å². The molecular weight excluding hydrogens is 316 g/mol. The molecule has 25 heavy (non-hydrogen) atoms. The Morgan fingerprint density at radius 3 is 2.84 bits per heavy atom. The molecule has 1 aromatic heterocycles. The van der Waals surface area contributed by atoms with E-state index in [4.69, 9.17) is 9.15 Å². The van der Waals surface area contributed by atoms with Gasteiger partial charge < -0.3 is 19.8 Å². The topological polar surface area (TPSA) is 63.5 Å². The summed E-state index contributed by atoms with van der Waals surface area (Å²) in [7, 11) is 0. The highest BCUT2D eigenvalue weighted by Crippen LogP contribution is 2.45. The Labute approximate surface area is 147 Å². The second-order valence-electron chi connectivity index (χ2n) is 7.03. The minimum atomic E-state index is -0.133. The number of piperidine rings is 1. The van der Waals surface area contributed by atoms with Crippen molar-refractivity contribution in [1.82, 2.24) is 10.6 Å². The maximum Gasteiger partial charge on any atom is 0.220 e. The summed E-state index contributed by atoms with van der Waals surface area (Å²) in [5.74, 6) is 1.97. The van der Waals surface area contributed by atoms with E-state index in [-0.39, 0.29) is 17.4 Å². The van der Waals surface area contributed by atoms with Gasteiger partial charge in [-0.2, -0.15) is 0 Å². The predicted molar refractivity (Wildman–Crippen MR) is 94.4 cm³/mol. The predicted octanol–water partition coefficient (Wildman–Crippen LogP) is 2.97. The average Bonchev–Trinajstić information content (AvgIpc) is 3.14. The van der Waals surface area contributed by atoms with Crippen molar-refractivity contribution >= 4 is 5.91 Å². The molecule has 2 aliphatic rings. The molecule has 1 spiro atoms. The van der Waals surface area contributed by atoms with Crippen molar-refractivity contribution in [2.24, 2.45) is 0 Å². The zero-order valence-electron chi connectivity index (χ0n) is 14.3. The third kappa shape index (κ3) is 3.56. The first-order chi connectivity index (χ1) is 12.2. The molecule has 0 unspecified atom stereocenters. The summed E-state index contributed by atoms with van der Waals surface area (Å²) >= 11 is 0. The van der Waals surface area contributed by atoms with Crippen LogP contribution in [0.15, 0.2) is 47.1 Å². The van der Waals surface area contributed by atoms with Crippen molar-refractivity contribution in [3.05, 3.63) is 54.0 Å². The van der Waals surface area contributed by atoms with Crippen LogP contribution in [0.1, 0.15) is 42.9 Å². The lowest BCUT2D eigenvalue weighted by Crippen LogP contribution is -2.49. The first-order valence-corrected chi connectivity index (χ1v) is 9.02. The van der Waals surface area contributed by atoms with Gasteiger partial charge in [0.15, 0.2) is 0 Å². The van der Waals surface area contributed by atoms with E-state index in [0.717, 1.165) is 49.4 Å². The molecule has 0 bridgehead atoms. The third-order valence-electron chi connectivity index (χ3n) is 5.29. The molecule has 5 heteroatoms. The summed E-state index contributed by atoms with van der Waals surface area (Å²) in [4.78, 5) is 12.5. The van der Waals surface area contributed by atoms with Gasteiger partial charge in [-0.15, -0.1) is 0 Å². The highest BCUT2D eigenvalue weighted by atomic mass is 16.5. The van der Waals surface area contributed by atoms with E-state index in [1.54, 1.807) is 6.26 Å². The summed E-state index contributed by atoms with van der Waals surface area (Å²) in [6.45, 7) is 2.38. The lowest BCUT2D eigenvalue weighted by Gasteiger charge is -2.44. The molecule has 2 aromatic rings. The van der Waals surface area contributed by atoms with Gasteiger partial charge in [-0.05, 0) is 56.1 Å². The fraction of sp³-hybridized carbons (Fsp3) is 0.450. The first-order valence-electron chi connectivity index (χ1n) is 9.02. The maximum absolute atomic E-state index is 12.5. The molecular formula is C20H24N2O3. The standard InChI is InChI=1S/C20H24N2O3/c23-19(22-14-16-4-3-11-24-16)12-15-13-20(7-9-21-10-8-20)25-18-6-2-1-5-17(15)18/h1-6,11,15,21H,7-10,12-14H2,(H,22,23)/t15-/m1/s1. The van der Waals surface area contributed by atoms with Crippen LogP contribution in [0, 0.1) is 0 Å². The maximum atomic E-state index is 12.5. The van der Waals surface area contributed by atoms with Gasteiger partial charge in [0.1, 0.15) is 17.1 Å². The monoisotopic (exact) mass is 340 g/mol. The molecule has 1 atom stereocenters. The van der Waals surface area contributed by atoms with Crippen LogP contribution in [0.5, 0.6) is 5.75 Å². The van der Waals surface area contributed by atoms with Crippen LogP contribution >= 0.6 is 0 Å². The largest absolute Gasteiger partial charge is 0.487 e. The number of rotatable bonds is 4. The van der Waals surface area contributed by atoms with Gasteiger partial charge in [0.2, 0.25) is 5.91 Å². The molecule has 0 aliphatic carbocycles. The Morgan fingerprint density at radius 1 is 1.20 bits per heavy atom. The van der Waals surface area contributed by atoms with E-state index in [2.05, 4.69) is 16.7 Å². The normalized spacial score (nSPS) is 21.4. The molecule has 3 heterocycles. The van der Waals surface area contributed by atoms with Crippen molar-refractivity contribution in [2.75, 3.05) is 13.1 Å². The summed E-state index contributed by atoms with van der Waals surface area (Å²) < 4.78 is 11.7. The SMILES string of the molecule is O=C(C[C@@H]1CC2(CCNCC2)Oc2ccccc21)NCc1ccco1. The Kier molecular flexibility index (Phi) is 4.49. The molecule has 1 amide bonds. The van der Waals surface area contributed by atoms with Gasteiger partial charge in [-0.1, -0.05) is 18.2 Å². The Bertz CT molecular complexity index is 720. The zero-order valence-corrected chi connectivity index (χ0v) is 14.3. The molecule has 1 saturated heterocycles. The molecule has 132 valence electrons. The highest BCUT2D eigenvalue weighted by molar-refractivity contribution is 5.77. The van der Waals surface area contributed by atoms with Gasteiger partial charge in [-0.3, -0.25) is 4.79 Å². The van der Waals surface area contributed by atoms with Crippen LogP contribution in [0.2, 0.25) is 0 Å². The second kappa shape index (κ2) is 6.92. The molecule has 1 aromatic carbocycles. The quantitative estimate of drug-likeness (QED) is 0.898. The summed E-state index contributed by atoms with van der Waals surface area (Å²) in [5, 5.41) is 6.37. The smallest absolute Gasteiger partial charge is 0.220 e. The third-order valence-corrected chi connectivity index (χ3v) is 5.29. The number of ether oxygens (including phenoxy) is 1. The zero-order chi connectivity index (χ0) is 17.1. The second-order valence-corrected chi connectivity index (χ2v) is 7.03. The Morgan fingerprint density at radius 2 is 2.04 bits per heavy atom. The van der Waals surface area contributed by atoms with E-state index >= 15 is 0 Å². The van der Waals surface area contributed by atoms with Gasteiger partial charge in [0, 0.05) is 12.3 Å². The summed E-state index contributed by atoms with van der Waals surface area (Å²) in [6, 6.07) is 11.9. The van der Waals surface area contributed by atoms with Crippen molar-refractivity contribution in [1.29, 1.82) is 0 Å². The summed E-state index contributed by atoms with van der Waals surface area (Å²) in [6.07, 6.45) is 4.99. The van der Waals surface area contributed by atoms with E-state index < -0.39 is 0 Å². The number of nitrogens with one attached hydrogen (secondary N) is 2. The van der Waals surface area contributed by atoms with E-state index in [1.165, 1.54) is 0 Å². The van der Waals surface area contributed by atoms with Crippen molar-refractivity contribution in [2.45, 2.75) is 43.7 Å². The Balaban J connectivity index is 1.48. The molecule has 1 fully saturated rings. The van der Waals surface area contributed by atoms with Gasteiger partial charge in [0.25, 0.3) is 0 Å². The molecule has 5 nitrogen and oxygen atoms in total. The minimum Gasteiger partial charge on any atom is -0.487 e. The molecule has 2 aliphatic heterocycles. The minimum absolute atomic E-state index is 0.0576. The van der Waals surface area contributed by atoms with E-state index in [9.17, 15) is 4.79 Å². The van der Waals surface area contributed by atoms with Crippen LogP contribution in [0.3, 0.4) is 0 Å². The first kappa shape index (κ1) is 16.2. The van der Waals surface area contributed by atoms with Crippen molar-refractivity contribution < 1.29 is 13.9 Å². The van der Waals surface area contributed by atoms with Crippen molar-refractivity contribution in [3.63, 3.8) is 0 Å². The Hall–Kier alpha value is -2.27. The summed E-state index contributed by atoms with van der Waals surface area (Å²) in [5.41, 5.74) is 1.02. The number of fused-ring (bicyclic) bond motifs is 1. The van der Waals surface area contributed by atoms with Crippen LogP contribution in [-0.2, 0) is 11.3 Å². The fourth-order valence-corrected chi connectivity index (χ4v) is 4.01. The van der Waals surface area contributed by atoms with Crippen LogP contribution in [0.25, 0.3) is 0 Å². The average molecular weight is 340 g/mol. The molecule has 0 saturated carbocycles. The lowest BCUT2D eigenvalue weighted by atomic mass is 9.76. The van der Waals surface area contributed by atoms with Gasteiger partial charge in [-0.25, -0.2) is 0 Å². The van der Waals surface area contributed by atoms with Gasteiger partial charge in [0.05, 0.1) is 12.8 Å². The van der Waals surface area contributed by atoms with E-state index in [1.807, 2.05) is 30.3 Å².